The maximum absolute atomic E-state index is 12.5. The van der Waals surface area contributed by atoms with Crippen molar-refractivity contribution in [3.63, 3.8) is 0 Å². The van der Waals surface area contributed by atoms with Gasteiger partial charge in [0.25, 0.3) is 5.56 Å². The Morgan fingerprint density at radius 3 is 2.50 bits per heavy atom. The monoisotopic (exact) mass is 418 g/mol. The lowest BCUT2D eigenvalue weighted by molar-refractivity contribution is 0.343. The minimum Gasteiger partial charge on any atom is -0.348 e. The van der Waals surface area contributed by atoms with Gasteiger partial charge in [0.15, 0.2) is 0 Å². The van der Waals surface area contributed by atoms with Gasteiger partial charge >= 0.3 is 0 Å². The van der Waals surface area contributed by atoms with E-state index in [4.69, 9.17) is 0 Å². The van der Waals surface area contributed by atoms with E-state index < -0.39 is 0 Å². The number of hydrogen-bond acceptors (Lipinski definition) is 5. The molecule has 3 heterocycles. The third-order valence-electron chi connectivity index (χ3n) is 4.97. The van der Waals surface area contributed by atoms with E-state index >= 15 is 0 Å². The number of thiophene rings is 1. The second-order valence-electron chi connectivity index (χ2n) is 8.79. The first-order chi connectivity index (χ1) is 14.3. The predicted molar refractivity (Wildman–Crippen MR) is 125 cm³/mol. The van der Waals surface area contributed by atoms with Gasteiger partial charge in [0, 0.05) is 24.2 Å². The van der Waals surface area contributed by atoms with Crippen LogP contribution in [-0.2, 0) is 6.54 Å². The van der Waals surface area contributed by atoms with Gasteiger partial charge in [-0.25, -0.2) is 4.98 Å². The minimum atomic E-state index is -0.0425. The van der Waals surface area contributed by atoms with E-state index in [0.29, 0.717) is 18.1 Å². The molecule has 4 aromatic rings. The zero-order valence-corrected chi connectivity index (χ0v) is 18.5. The largest absolute Gasteiger partial charge is 0.348 e. The third kappa shape index (κ3) is 4.44. The van der Waals surface area contributed by atoms with E-state index in [9.17, 15) is 4.79 Å². The summed E-state index contributed by atoms with van der Waals surface area (Å²) in [7, 11) is 0. The molecule has 1 aromatic carbocycles. The molecule has 4 rings (SSSR count). The number of pyridine rings is 1. The van der Waals surface area contributed by atoms with Crippen LogP contribution in [0.25, 0.3) is 22.2 Å². The number of benzene rings is 1. The Balaban J connectivity index is 1.60. The molecule has 6 heteroatoms. The fraction of sp³-hybridized carbons (Fsp3) is 0.292. The summed E-state index contributed by atoms with van der Waals surface area (Å²) in [6, 6.07) is 14.1. The molecule has 0 fully saturated rings. The van der Waals surface area contributed by atoms with E-state index in [-0.39, 0.29) is 17.0 Å². The predicted octanol–water partition coefficient (Wildman–Crippen LogP) is 5.74. The topological polar surface area (TPSA) is 59.8 Å². The molecular formula is C24H26N4OS. The molecule has 30 heavy (non-hydrogen) atoms. The van der Waals surface area contributed by atoms with E-state index in [2.05, 4.69) is 84.1 Å². The molecule has 0 bridgehead atoms. The standard InChI is InChI=1S/C24H26N4OS/c1-16(17-5-7-18(8-6-17)20-11-12-30-14-20)26-23-25-13-19-9-10-21(29)28(22(19)27-23)15-24(2,3)4/h5-14,16H,15H2,1-4H3,(H,25,26,27). The van der Waals surface area contributed by atoms with Gasteiger partial charge in [-0.15, -0.1) is 0 Å². The Morgan fingerprint density at radius 2 is 1.83 bits per heavy atom. The fourth-order valence-electron chi connectivity index (χ4n) is 3.44. The summed E-state index contributed by atoms with van der Waals surface area (Å²) >= 11 is 1.70. The van der Waals surface area contributed by atoms with Crippen molar-refractivity contribution in [1.29, 1.82) is 0 Å². The lowest BCUT2D eigenvalue weighted by Crippen LogP contribution is -2.27. The highest BCUT2D eigenvalue weighted by atomic mass is 32.1. The summed E-state index contributed by atoms with van der Waals surface area (Å²) < 4.78 is 1.74. The van der Waals surface area contributed by atoms with Crippen molar-refractivity contribution in [3.8, 4) is 11.1 Å². The van der Waals surface area contributed by atoms with Crippen LogP contribution in [0, 0.1) is 5.41 Å². The maximum Gasteiger partial charge on any atom is 0.252 e. The molecule has 0 aliphatic carbocycles. The van der Waals surface area contributed by atoms with Crippen LogP contribution in [0.2, 0.25) is 0 Å². The Hall–Kier alpha value is -2.99. The average Bonchev–Trinajstić information content (AvgIpc) is 3.24. The highest BCUT2D eigenvalue weighted by Crippen LogP contribution is 2.25. The van der Waals surface area contributed by atoms with Crippen LogP contribution in [0.5, 0.6) is 0 Å². The van der Waals surface area contributed by atoms with Crippen molar-refractivity contribution in [2.45, 2.75) is 40.3 Å². The number of aromatic nitrogens is 3. The van der Waals surface area contributed by atoms with Crippen molar-refractivity contribution >= 4 is 28.3 Å². The Kier molecular flexibility index (Phi) is 5.43. The molecule has 0 spiro atoms. The first kappa shape index (κ1) is 20.3. The quantitative estimate of drug-likeness (QED) is 0.449. The van der Waals surface area contributed by atoms with Crippen LogP contribution in [0.15, 0.2) is 64.2 Å². The third-order valence-corrected chi connectivity index (χ3v) is 5.65. The molecule has 0 amide bonds. The summed E-state index contributed by atoms with van der Waals surface area (Å²) in [4.78, 5) is 21.6. The van der Waals surface area contributed by atoms with Crippen molar-refractivity contribution in [2.75, 3.05) is 5.32 Å². The maximum atomic E-state index is 12.5. The van der Waals surface area contributed by atoms with Gasteiger partial charge in [-0.05, 0) is 51.9 Å². The van der Waals surface area contributed by atoms with Crippen LogP contribution >= 0.6 is 11.3 Å². The first-order valence-electron chi connectivity index (χ1n) is 10.1. The molecule has 3 aromatic heterocycles. The number of rotatable bonds is 5. The van der Waals surface area contributed by atoms with E-state index in [1.165, 1.54) is 11.1 Å². The molecule has 0 saturated carbocycles. The number of nitrogens with one attached hydrogen (secondary N) is 1. The molecule has 1 unspecified atom stereocenters. The lowest BCUT2D eigenvalue weighted by Gasteiger charge is -2.21. The second-order valence-corrected chi connectivity index (χ2v) is 9.57. The molecule has 1 N–H and O–H groups in total. The number of anilines is 1. The molecular weight excluding hydrogens is 392 g/mol. The lowest BCUT2D eigenvalue weighted by atomic mass is 9.97. The minimum absolute atomic E-state index is 0.0328. The highest BCUT2D eigenvalue weighted by Gasteiger charge is 2.16. The van der Waals surface area contributed by atoms with Gasteiger partial charge in [0.1, 0.15) is 5.65 Å². The normalized spacial score (nSPS) is 12.8. The van der Waals surface area contributed by atoms with Crippen molar-refractivity contribution in [1.82, 2.24) is 14.5 Å². The summed E-state index contributed by atoms with van der Waals surface area (Å²) in [6.45, 7) is 9.01. The molecule has 5 nitrogen and oxygen atoms in total. The number of nitrogens with zero attached hydrogens (tertiary/aromatic N) is 3. The van der Waals surface area contributed by atoms with Crippen molar-refractivity contribution in [2.24, 2.45) is 5.41 Å². The van der Waals surface area contributed by atoms with Crippen LogP contribution in [0.3, 0.4) is 0 Å². The second kappa shape index (κ2) is 8.03. The molecule has 0 aliphatic rings. The van der Waals surface area contributed by atoms with Crippen molar-refractivity contribution in [3.05, 3.63) is 75.3 Å². The Bertz CT molecular complexity index is 1200. The molecule has 0 aliphatic heterocycles. The Labute approximate surface area is 180 Å². The van der Waals surface area contributed by atoms with Gasteiger partial charge in [0.2, 0.25) is 5.95 Å². The molecule has 0 saturated heterocycles. The summed E-state index contributed by atoms with van der Waals surface area (Å²) in [5.41, 5.74) is 4.18. The first-order valence-corrected chi connectivity index (χ1v) is 11.0. The average molecular weight is 419 g/mol. The summed E-state index contributed by atoms with van der Waals surface area (Å²) in [5.74, 6) is 0.519. The highest BCUT2D eigenvalue weighted by molar-refractivity contribution is 7.08. The van der Waals surface area contributed by atoms with E-state index in [1.54, 1.807) is 34.2 Å². The van der Waals surface area contributed by atoms with Gasteiger partial charge in [-0.2, -0.15) is 16.3 Å². The Morgan fingerprint density at radius 1 is 1.07 bits per heavy atom. The van der Waals surface area contributed by atoms with Gasteiger partial charge in [-0.3, -0.25) is 9.36 Å². The van der Waals surface area contributed by atoms with Gasteiger partial charge < -0.3 is 5.32 Å². The van der Waals surface area contributed by atoms with E-state index in [0.717, 1.165) is 10.9 Å². The molecule has 154 valence electrons. The number of hydrogen-bond donors (Lipinski definition) is 1. The van der Waals surface area contributed by atoms with Crippen LogP contribution < -0.4 is 10.9 Å². The summed E-state index contributed by atoms with van der Waals surface area (Å²) in [5, 5.41) is 8.47. The smallest absolute Gasteiger partial charge is 0.252 e. The number of fused-ring (bicyclic) bond motifs is 1. The SMILES string of the molecule is CC(Nc1ncc2ccc(=O)n(CC(C)(C)C)c2n1)c1ccc(-c2ccsc2)cc1. The van der Waals surface area contributed by atoms with Gasteiger partial charge in [-0.1, -0.05) is 45.0 Å². The molecule has 1 atom stereocenters. The molecule has 0 radical (unpaired) electrons. The van der Waals surface area contributed by atoms with Crippen LogP contribution in [-0.4, -0.2) is 14.5 Å². The zero-order chi connectivity index (χ0) is 21.3. The zero-order valence-electron chi connectivity index (χ0n) is 17.7. The fourth-order valence-corrected chi connectivity index (χ4v) is 4.10. The van der Waals surface area contributed by atoms with Crippen molar-refractivity contribution < 1.29 is 0 Å². The van der Waals surface area contributed by atoms with Crippen LogP contribution in [0.1, 0.15) is 39.3 Å². The van der Waals surface area contributed by atoms with Gasteiger partial charge in [0.05, 0.1) is 6.04 Å². The summed E-state index contributed by atoms with van der Waals surface area (Å²) in [6.07, 6.45) is 1.77. The van der Waals surface area contributed by atoms with Crippen LogP contribution in [0.4, 0.5) is 5.95 Å². The van der Waals surface area contributed by atoms with E-state index in [1.807, 2.05) is 0 Å².